The van der Waals surface area contributed by atoms with Gasteiger partial charge in [-0.3, -0.25) is 0 Å². The van der Waals surface area contributed by atoms with Crippen LogP contribution in [0.3, 0.4) is 0 Å². The molecule has 0 saturated carbocycles. The SMILES string of the molecule is CNc1ncccc1COCc1ccccc1F. The van der Waals surface area contributed by atoms with Crippen LogP contribution in [0, 0.1) is 5.82 Å². The molecule has 18 heavy (non-hydrogen) atoms. The fourth-order valence-electron chi connectivity index (χ4n) is 1.67. The fourth-order valence-corrected chi connectivity index (χ4v) is 1.67. The predicted octanol–water partition coefficient (Wildman–Crippen LogP) is 2.98. The van der Waals surface area contributed by atoms with E-state index in [1.165, 1.54) is 6.07 Å². The number of pyridine rings is 1. The third-order valence-corrected chi connectivity index (χ3v) is 2.60. The van der Waals surface area contributed by atoms with E-state index in [0.29, 0.717) is 12.2 Å². The topological polar surface area (TPSA) is 34.2 Å². The molecule has 2 rings (SSSR count). The lowest BCUT2D eigenvalue weighted by Crippen LogP contribution is -2.01. The molecule has 1 aromatic carbocycles. The van der Waals surface area contributed by atoms with E-state index in [2.05, 4.69) is 10.3 Å². The molecule has 0 amide bonds. The summed E-state index contributed by atoms with van der Waals surface area (Å²) in [5.41, 5.74) is 1.52. The van der Waals surface area contributed by atoms with Crippen molar-refractivity contribution in [2.75, 3.05) is 12.4 Å². The Balaban J connectivity index is 1.95. The number of hydrogen-bond acceptors (Lipinski definition) is 3. The zero-order valence-corrected chi connectivity index (χ0v) is 10.2. The van der Waals surface area contributed by atoms with E-state index in [0.717, 1.165) is 11.4 Å². The largest absolute Gasteiger partial charge is 0.373 e. The van der Waals surface area contributed by atoms with Crippen molar-refractivity contribution in [2.24, 2.45) is 0 Å². The Labute approximate surface area is 106 Å². The van der Waals surface area contributed by atoms with Gasteiger partial charge in [-0.15, -0.1) is 0 Å². The van der Waals surface area contributed by atoms with Crippen LogP contribution in [-0.4, -0.2) is 12.0 Å². The molecular formula is C14H15FN2O. The number of anilines is 1. The molecular weight excluding hydrogens is 231 g/mol. The normalized spacial score (nSPS) is 10.3. The Morgan fingerprint density at radius 1 is 1.11 bits per heavy atom. The van der Waals surface area contributed by atoms with Crippen molar-refractivity contribution in [2.45, 2.75) is 13.2 Å². The molecule has 3 nitrogen and oxygen atoms in total. The number of ether oxygens (including phenoxy) is 1. The van der Waals surface area contributed by atoms with Crippen molar-refractivity contribution in [3.8, 4) is 0 Å². The van der Waals surface area contributed by atoms with Gasteiger partial charge in [0, 0.05) is 24.4 Å². The third kappa shape index (κ3) is 3.05. The van der Waals surface area contributed by atoms with Crippen LogP contribution in [0.1, 0.15) is 11.1 Å². The van der Waals surface area contributed by atoms with Crippen LogP contribution in [0.15, 0.2) is 42.6 Å². The average Bonchev–Trinajstić information content (AvgIpc) is 2.41. The van der Waals surface area contributed by atoms with Crippen LogP contribution in [0.2, 0.25) is 0 Å². The minimum Gasteiger partial charge on any atom is -0.373 e. The highest BCUT2D eigenvalue weighted by molar-refractivity contribution is 5.42. The molecule has 0 bridgehead atoms. The number of benzene rings is 1. The number of hydrogen-bond donors (Lipinski definition) is 1. The maximum atomic E-state index is 13.4. The van der Waals surface area contributed by atoms with E-state index < -0.39 is 0 Å². The Morgan fingerprint density at radius 3 is 2.61 bits per heavy atom. The molecule has 1 aromatic heterocycles. The second-order valence-corrected chi connectivity index (χ2v) is 3.85. The standard InChI is InChI=1S/C14H15FN2O/c1-16-14-12(6-4-8-17-14)10-18-9-11-5-2-3-7-13(11)15/h2-8H,9-10H2,1H3,(H,16,17). The van der Waals surface area contributed by atoms with Gasteiger partial charge >= 0.3 is 0 Å². The monoisotopic (exact) mass is 246 g/mol. The first kappa shape index (κ1) is 12.5. The van der Waals surface area contributed by atoms with Crippen LogP contribution in [0.4, 0.5) is 10.2 Å². The van der Waals surface area contributed by atoms with E-state index in [9.17, 15) is 4.39 Å². The number of aromatic nitrogens is 1. The van der Waals surface area contributed by atoms with Crippen molar-refractivity contribution in [1.82, 2.24) is 4.98 Å². The molecule has 0 unspecified atom stereocenters. The lowest BCUT2D eigenvalue weighted by Gasteiger charge is -2.09. The first-order valence-corrected chi connectivity index (χ1v) is 5.74. The molecule has 0 aliphatic rings. The molecule has 0 fully saturated rings. The Kier molecular flexibility index (Phi) is 4.25. The lowest BCUT2D eigenvalue weighted by atomic mass is 10.2. The van der Waals surface area contributed by atoms with E-state index in [1.54, 1.807) is 24.4 Å². The Hall–Kier alpha value is -1.94. The molecule has 1 heterocycles. The van der Waals surface area contributed by atoms with Crippen LogP contribution in [0.5, 0.6) is 0 Å². The number of nitrogens with one attached hydrogen (secondary N) is 1. The van der Waals surface area contributed by atoms with Crippen molar-refractivity contribution in [3.05, 3.63) is 59.5 Å². The van der Waals surface area contributed by atoms with Gasteiger partial charge in [0.1, 0.15) is 11.6 Å². The summed E-state index contributed by atoms with van der Waals surface area (Å²) < 4.78 is 18.9. The molecule has 0 radical (unpaired) electrons. The van der Waals surface area contributed by atoms with Gasteiger partial charge in [-0.2, -0.15) is 0 Å². The van der Waals surface area contributed by atoms with Crippen LogP contribution < -0.4 is 5.32 Å². The van der Waals surface area contributed by atoms with Gasteiger partial charge in [-0.1, -0.05) is 24.3 Å². The second-order valence-electron chi connectivity index (χ2n) is 3.85. The van der Waals surface area contributed by atoms with Gasteiger partial charge in [0.25, 0.3) is 0 Å². The number of nitrogens with zero attached hydrogens (tertiary/aromatic N) is 1. The third-order valence-electron chi connectivity index (χ3n) is 2.60. The quantitative estimate of drug-likeness (QED) is 0.880. The first-order chi connectivity index (χ1) is 8.81. The summed E-state index contributed by atoms with van der Waals surface area (Å²) in [4.78, 5) is 4.18. The maximum absolute atomic E-state index is 13.4. The summed E-state index contributed by atoms with van der Waals surface area (Å²) in [6.07, 6.45) is 1.71. The van der Waals surface area contributed by atoms with Gasteiger partial charge in [0.2, 0.25) is 0 Å². The molecule has 2 aromatic rings. The number of halogens is 1. The summed E-state index contributed by atoms with van der Waals surface area (Å²) in [6.45, 7) is 0.656. The van der Waals surface area contributed by atoms with E-state index >= 15 is 0 Å². The predicted molar refractivity (Wildman–Crippen MR) is 68.7 cm³/mol. The second kappa shape index (κ2) is 6.12. The van der Waals surface area contributed by atoms with E-state index in [4.69, 9.17) is 4.74 Å². The Bertz CT molecular complexity index is 517. The maximum Gasteiger partial charge on any atom is 0.131 e. The Morgan fingerprint density at radius 2 is 1.83 bits per heavy atom. The molecule has 94 valence electrons. The molecule has 0 spiro atoms. The molecule has 0 aliphatic heterocycles. The summed E-state index contributed by atoms with van der Waals surface area (Å²) in [5.74, 6) is 0.545. The zero-order chi connectivity index (χ0) is 12.8. The molecule has 0 aliphatic carbocycles. The smallest absolute Gasteiger partial charge is 0.131 e. The average molecular weight is 246 g/mol. The summed E-state index contributed by atoms with van der Waals surface area (Å²) in [7, 11) is 1.81. The fraction of sp³-hybridized carbons (Fsp3) is 0.214. The first-order valence-electron chi connectivity index (χ1n) is 5.74. The highest BCUT2D eigenvalue weighted by Gasteiger charge is 2.03. The van der Waals surface area contributed by atoms with Gasteiger partial charge in [-0.25, -0.2) is 9.37 Å². The minimum atomic E-state index is -0.238. The van der Waals surface area contributed by atoms with Gasteiger partial charge < -0.3 is 10.1 Å². The zero-order valence-electron chi connectivity index (χ0n) is 10.2. The van der Waals surface area contributed by atoms with Gasteiger partial charge in [0.05, 0.1) is 13.2 Å². The van der Waals surface area contributed by atoms with E-state index in [-0.39, 0.29) is 12.4 Å². The van der Waals surface area contributed by atoms with Crippen molar-refractivity contribution in [3.63, 3.8) is 0 Å². The van der Waals surface area contributed by atoms with Crippen molar-refractivity contribution in [1.29, 1.82) is 0 Å². The van der Waals surface area contributed by atoms with Crippen molar-refractivity contribution >= 4 is 5.82 Å². The summed E-state index contributed by atoms with van der Waals surface area (Å²) >= 11 is 0. The molecule has 4 heteroatoms. The van der Waals surface area contributed by atoms with Gasteiger partial charge in [-0.05, 0) is 12.1 Å². The van der Waals surface area contributed by atoms with Crippen LogP contribution >= 0.6 is 0 Å². The lowest BCUT2D eigenvalue weighted by molar-refractivity contribution is 0.105. The summed E-state index contributed by atoms with van der Waals surface area (Å²) in [6, 6.07) is 10.4. The van der Waals surface area contributed by atoms with Crippen molar-refractivity contribution < 1.29 is 9.13 Å². The van der Waals surface area contributed by atoms with E-state index in [1.807, 2.05) is 19.2 Å². The molecule has 1 N–H and O–H groups in total. The van der Waals surface area contributed by atoms with Crippen LogP contribution in [0.25, 0.3) is 0 Å². The van der Waals surface area contributed by atoms with Crippen LogP contribution in [-0.2, 0) is 18.0 Å². The number of rotatable bonds is 5. The minimum absolute atomic E-state index is 0.238. The van der Waals surface area contributed by atoms with Gasteiger partial charge in [0.15, 0.2) is 0 Å². The molecule has 0 saturated heterocycles. The molecule has 0 atom stereocenters. The highest BCUT2D eigenvalue weighted by atomic mass is 19.1. The highest BCUT2D eigenvalue weighted by Crippen LogP contribution is 2.14. The summed E-state index contributed by atoms with van der Waals surface area (Å²) in [5, 5.41) is 2.99.